The Bertz CT molecular complexity index is 1210. The third-order valence-corrected chi connectivity index (χ3v) is 6.36. The lowest BCUT2D eigenvalue weighted by Gasteiger charge is -2.14. The van der Waals surface area contributed by atoms with Gasteiger partial charge in [-0.05, 0) is 26.3 Å². The summed E-state index contributed by atoms with van der Waals surface area (Å²) >= 11 is 2.97. The zero-order valence-electron chi connectivity index (χ0n) is 16.8. The summed E-state index contributed by atoms with van der Waals surface area (Å²) in [5, 5.41) is 8.55. The van der Waals surface area contributed by atoms with E-state index in [9.17, 15) is 9.59 Å². The molecule has 0 spiro atoms. The molecule has 0 aliphatic carbocycles. The second kappa shape index (κ2) is 8.37. The molecule has 1 atom stereocenters. The van der Waals surface area contributed by atoms with E-state index in [0.717, 1.165) is 20.4 Å². The number of imidazole rings is 1. The van der Waals surface area contributed by atoms with Crippen molar-refractivity contribution in [1.29, 1.82) is 0 Å². The summed E-state index contributed by atoms with van der Waals surface area (Å²) in [6, 6.07) is 9.48. The lowest BCUT2D eigenvalue weighted by Crippen LogP contribution is -2.42. The monoisotopic (exact) mass is 439 g/mol. The molecule has 0 aliphatic heterocycles. The van der Waals surface area contributed by atoms with E-state index in [1.54, 1.807) is 4.40 Å². The molecule has 4 rings (SSSR count). The summed E-state index contributed by atoms with van der Waals surface area (Å²) in [7, 11) is 0. The van der Waals surface area contributed by atoms with E-state index >= 15 is 0 Å². The van der Waals surface area contributed by atoms with Gasteiger partial charge < -0.3 is 10.6 Å². The maximum atomic E-state index is 12.8. The normalized spacial score (nSPS) is 12.1. The molecule has 2 amide bonds. The van der Waals surface area contributed by atoms with Gasteiger partial charge in [-0.25, -0.2) is 9.97 Å². The van der Waals surface area contributed by atoms with Gasteiger partial charge >= 0.3 is 0 Å². The van der Waals surface area contributed by atoms with E-state index in [-0.39, 0.29) is 17.9 Å². The van der Waals surface area contributed by atoms with Gasteiger partial charge in [0.1, 0.15) is 11.4 Å². The maximum absolute atomic E-state index is 12.8. The van der Waals surface area contributed by atoms with Crippen LogP contribution < -0.4 is 10.6 Å². The van der Waals surface area contributed by atoms with Crippen LogP contribution in [0, 0.1) is 13.8 Å². The number of hydrogen-bond donors (Lipinski definition) is 2. The fourth-order valence-electron chi connectivity index (χ4n) is 3.21. The summed E-state index contributed by atoms with van der Waals surface area (Å²) in [6.07, 6.45) is 1.83. The third kappa shape index (κ3) is 3.99. The molecule has 2 N–H and O–H groups in total. The molecule has 0 aliphatic rings. The smallest absolute Gasteiger partial charge is 0.271 e. The number of carbonyl (C=O) groups excluding carboxylic acids is 2. The van der Waals surface area contributed by atoms with Gasteiger partial charge in [0.05, 0.1) is 15.6 Å². The SMILES string of the molecule is Cc1nc(C(=O)N[C@H](C)CNC(=O)c2c(C)nc3sccn23)c(-c2ccccc2)s1. The van der Waals surface area contributed by atoms with Crippen LogP contribution in [0.1, 0.15) is 38.6 Å². The zero-order valence-corrected chi connectivity index (χ0v) is 18.4. The number of thiazole rings is 2. The molecule has 0 saturated carbocycles. The van der Waals surface area contributed by atoms with E-state index in [2.05, 4.69) is 20.6 Å². The molecular formula is C21H21N5O2S2. The summed E-state index contributed by atoms with van der Waals surface area (Å²) in [5.74, 6) is -0.463. The highest BCUT2D eigenvalue weighted by molar-refractivity contribution is 7.15. The van der Waals surface area contributed by atoms with Crippen LogP contribution in [0.2, 0.25) is 0 Å². The van der Waals surface area contributed by atoms with Crippen molar-refractivity contribution in [2.45, 2.75) is 26.8 Å². The minimum Gasteiger partial charge on any atom is -0.349 e. The fourth-order valence-corrected chi connectivity index (χ4v) is 4.89. The van der Waals surface area contributed by atoms with Gasteiger partial charge in [-0.15, -0.1) is 22.7 Å². The van der Waals surface area contributed by atoms with E-state index in [1.807, 2.05) is 62.7 Å². The minimum absolute atomic E-state index is 0.214. The first-order chi connectivity index (χ1) is 14.4. The average Bonchev–Trinajstić information content (AvgIpc) is 3.41. The van der Waals surface area contributed by atoms with Crippen molar-refractivity contribution >= 4 is 39.4 Å². The molecule has 30 heavy (non-hydrogen) atoms. The van der Waals surface area contributed by atoms with Crippen LogP contribution in [0.15, 0.2) is 41.9 Å². The Morgan fingerprint density at radius 3 is 2.67 bits per heavy atom. The number of amides is 2. The first-order valence-electron chi connectivity index (χ1n) is 9.48. The molecule has 3 aromatic heterocycles. The highest BCUT2D eigenvalue weighted by Gasteiger charge is 2.21. The van der Waals surface area contributed by atoms with Crippen molar-refractivity contribution in [3.63, 3.8) is 0 Å². The number of hydrogen-bond acceptors (Lipinski definition) is 6. The van der Waals surface area contributed by atoms with Crippen LogP contribution in [0.25, 0.3) is 15.4 Å². The van der Waals surface area contributed by atoms with Crippen LogP contribution in [-0.2, 0) is 0 Å². The van der Waals surface area contributed by atoms with Crippen LogP contribution in [0.4, 0.5) is 0 Å². The molecule has 154 valence electrons. The number of nitrogens with one attached hydrogen (secondary N) is 2. The van der Waals surface area contributed by atoms with Gasteiger partial charge in [0.25, 0.3) is 11.8 Å². The van der Waals surface area contributed by atoms with Crippen molar-refractivity contribution in [2.75, 3.05) is 6.54 Å². The summed E-state index contributed by atoms with van der Waals surface area (Å²) in [6.45, 7) is 5.85. The Morgan fingerprint density at radius 2 is 1.90 bits per heavy atom. The number of aryl methyl sites for hydroxylation is 2. The van der Waals surface area contributed by atoms with Crippen molar-refractivity contribution in [2.24, 2.45) is 0 Å². The summed E-state index contributed by atoms with van der Waals surface area (Å²) < 4.78 is 1.78. The van der Waals surface area contributed by atoms with E-state index in [0.29, 0.717) is 23.6 Å². The van der Waals surface area contributed by atoms with Gasteiger partial charge in [0.2, 0.25) is 0 Å². The molecule has 0 bridgehead atoms. The first kappa shape index (κ1) is 20.2. The number of nitrogens with zero attached hydrogens (tertiary/aromatic N) is 3. The number of benzene rings is 1. The third-order valence-electron chi connectivity index (χ3n) is 4.58. The largest absolute Gasteiger partial charge is 0.349 e. The van der Waals surface area contributed by atoms with Gasteiger partial charge in [0, 0.05) is 24.2 Å². The molecule has 7 nitrogen and oxygen atoms in total. The van der Waals surface area contributed by atoms with Gasteiger partial charge in [-0.1, -0.05) is 30.3 Å². The Balaban J connectivity index is 1.42. The van der Waals surface area contributed by atoms with Crippen molar-refractivity contribution in [3.8, 4) is 10.4 Å². The van der Waals surface area contributed by atoms with E-state index < -0.39 is 0 Å². The topological polar surface area (TPSA) is 88.4 Å². The van der Waals surface area contributed by atoms with Crippen LogP contribution in [0.5, 0.6) is 0 Å². The summed E-state index contributed by atoms with van der Waals surface area (Å²) in [4.78, 5) is 35.9. The second-order valence-corrected chi connectivity index (χ2v) is 9.04. The molecule has 0 saturated heterocycles. The van der Waals surface area contributed by atoms with Crippen LogP contribution >= 0.6 is 22.7 Å². The zero-order chi connectivity index (χ0) is 21.3. The molecule has 9 heteroatoms. The standard InChI is InChI=1S/C21H21N5O2S2/c1-12(11-22-20(28)17-13(2)24-21-26(17)9-10-29-21)23-19(27)16-18(30-14(3)25-16)15-7-5-4-6-8-15/h4-10,12H,11H2,1-3H3,(H,22,28)(H,23,27)/t12-/m1/s1. The molecule has 0 fully saturated rings. The molecular weight excluding hydrogens is 418 g/mol. The van der Waals surface area contributed by atoms with Gasteiger partial charge in [-0.3, -0.25) is 14.0 Å². The second-order valence-electron chi connectivity index (χ2n) is 6.96. The Morgan fingerprint density at radius 1 is 1.13 bits per heavy atom. The van der Waals surface area contributed by atoms with Crippen LogP contribution in [0.3, 0.4) is 0 Å². The number of rotatable bonds is 6. The highest BCUT2D eigenvalue weighted by atomic mass is 32.1. The van der Waals surface area contributed by atoms with E-state index in [4.69, 9.17) is 0 Å². The van der Waals surface area contributed by atoms with Crippen LogP contribution in [-0.4, -0.2) is 38.8 Å². The molecule has 0 unspecified atom stereocenters. The van der Waals surface area contributed by atoms with Crippen molar-refractivity contribution in [3.05, 3.63) is 64.0 Å². The Hall–Kier alpha value is -3.04. The number of fused-ring (bicyclic) bond motifs is 1. The van der Waals surface area contributed by atoms with Crippen molar-refractivity contribution in [1.82, 2.24) is 25.0 Å². The Kier molecular flexibility index (Phi) is 5.65. The van der Waals surface area contributed by atoms with Crippen molar-refractivity contribution < 1.29 is 9.59 Å². The predicted octanol–water partition coefficient (Wildman–Crippen LogP) is 3.68. The Labute approximate surface area is 181 Å². The van der Waals surface area contributed by atoms with E-state index in [1.165, 1.54) is 22.7 Å². The number of carbonyl (C=O) groups is 2. The van der Waals surface area contributed by atoms with Gasteiger partial charge in [-0.2, -0.15) is 0 Å². The fraction of sp³-hybridized carbons (Fsp3) is 0.238. The predicted molar refractivity (Wildman–Crippen MR) is 119 cm³/mol. The lowest BCUT2D eigenvalue weighted by molar-refractivity contribution is 0.0907. The highest BCUT2D eigenvalue weighted by Crippen LogP contribution is 2.30. The average molecular weight is 440 g/mol. The summed E-state index contributed by atoms with van der Waals surface area (Å²) in [5.41, 5.74) is 2.58. The first-order valence-corrected chi connectivity index (χ1v) is 11.2. The maximum Gasteiger partial charge on any atom is 0.271 e. The minimum atomic E-state index is -0.265. The van der Waals surface area contributed by atoms with Gasteiger partial charge in [0.15, 0.2) is 4.96 Å². The molecule has 0 radical (unpaired) electrons. The lowest BCUT2D eigenvalue weighted by atomic mass is 10.1. The molecule has 4 aromatic rings. The molecule has 3 heterocycles. The quantitative estimate of drug-likeness (QED) is 0.480. The molecule has 1 aromatic carbocycles. The number of aromatic nitrogens is 3.